The van der Waals surface area contributed by atoms with Gasteiger partial charge in [0.25, 0.3) is 5.91 Å². The van der Waals surface area contributed by atoms with E-state index in [0.29, 0.717) is 5.69 Å². The predicted octanol–water partition coefficient (Wildman–Crippen LogP) is 2.31. The molecule has 7 nitrogen and oxygen atoms in total. The second kappa shape index (κ2) is 8.28. The van der Waals surface area contributed by atoms with Gasteiger partial charge in [-0.2, -0.15) is 13.2 Å². The van der Waals surface area contributed by atoms with Crippen molar-refractivity contribution in [2.45, 2.75) is 19.6 Å². The first-order valence-corrected chi connectivity index (χ1v) is 7.39. The molecule has 0 aliphatic carbocycles. The van der Waals surface area contributed by atoms with Crippen molar-refractivity contribution in [1.29, 1.82) is 0 Å². The third-order valence-electron chi connectivity index (χ3n) is 2.95. The van der Waals surface area contributed by atoms with Crippen molar-refractivity contribution >= 4 is 17.6 Å². The molecule has 2 heterocycles. The second-order valence-electron chi connectivity index (χ2n) is 5.18. The quantitative estimate of drug-likeness (QED) is 0.816. The van der Waals surface area contributed by atoms with Crippen LogP contribution in [0.15, 0.2) is 36.7 Å². The van der Waals surface area contributed by atoms with Gasteiger partial charge in [0.15, 0.2) is 6.61 Å². The number of alkyl halides is 3. The number of nitrogens with one attached hydrogen (secondary N) is 2. The van der Waals surface area contributed by atoms with Crippen molar-refractivity contribution in [2.75, 3.05) is 11.9 Å². The lowest BCUT2D eigenvalue weighted by Crippen LogP contribution is -2.24. The maximum Gasteiger partial charge on any atom is 0.422 e. The summed E-state index contributed by atoms with van der Waals surface area (Å²) in [4.78, 5) is 31.0. The van der Waals surface area contributed by atoms with Gasteiger partial charge in [0.05, 0.1) is 12.2 Å². The molecule has 0 radical (unpaired) electrons. The Labute approximate surface area is 146 Å². The van der Waals surface area contributed by atoms with Gasteiger partial charge in [-0.25, -0.2) is 4.98 Å². The van der Waals surface area contributed by atoms with Crippen LogP contribution in [0.3, 0.4) is 0 Å². The van der Waals surface area contributed by atoms with Gasteiger partial charge in [0.1, 0.15) is 11.6 Å². The van der Waals surface area contributed by atoms with Crippen LogP contribution in [0.4, 0.5) is 19.0 Å². The van der Waals surface area contributed by atoms with Gasteiger partial charge in [-0.15, -0.1) is 0 Å². The first-order chi connectivity index (χ1) is 12.2. The van der Waals surface area contributed by atoms with Crippen molar-refractivity contribution < 1.29 is 27.5 Å². The zero-order valence-electron chi connectivity index (χ0n) is 13.6. The molecule has 2 N–H and O–H groups in total. The van der Waals surface area contributed by atoms with Gasteiger partial charge >= 0.3 is 6.18 Å². The van der Waals surface area contributed by atoms with Crippen LogP contribution in [-0.2, 0) is 11.3 Å². The molecule has 138 valence electrons. The molecular formula is C16H15F3N4O3. The van der Waals surface area contributed by atoms with Crippen molar-refractivity contribution in [3.8, 4) is 5.75 Å². The molecule has 10 heteroatoms. The van der Waals surface area contributed by atoms with Gasteiger partial charge in [-0.3, -0.25) is 14.6 Å². The normalized spacial score (nSPS) is 10.9. The second-order valence-corrected chi connectivity index (χ2v) is 5.18. The van der Waals surface area contributed by atoms with Crippen molar-refractivity contribution in [2.24, 2.45) is 0 Å². The zero-order chi connectivity index (χ0) is 19.2. The lowest BCUT2D eigenvalue weighted by atomic mass is 10.2. The van der Waals surface area contributed by atoms with Crippen LogP contribution in [0.5, 0.6) is 5.75 Å². The van der Waals surface area contributed by atoms with Gasteiger partial charge in [0, 0.05) is 30.9 Å². The van der Waals surface area contributed by atoms with E-state index < -0.39 is 18.7 Å². The fraction of sp³-hybridized carbons (Fsp3) is 0.250. The van der Waals surface area contributed by atoms with E-state index in [1.807, 2.05) is 0 Å². The van der Waals surface area contributed by atoms with E-state index in [4.69, 9.17) is 0 Å². The smallest absolute Gasteiger partial charge is 0.422 e. The minimum Gasteiger partial charge on any atom is -0.484 e. The molecule has 0 aromatic carbocycles. The first kappa shape index (κ1) is 19.2. The van der Waals surface area contributed by atoms with Gasteiger partial charge in [0.2, 0.25) is 5.91 Å². The minimum absolute atomic E-state index is 0.00145. The molecule has 2 rings (SSSR count). The molecular weight excluding hydrogens is 353 g/mol. The summed E-state index contributed by atoms with van der Waals surface area (Å²) >= 11 is 0. The molecule has 2 aromatic heterocycles. The third-order valence-corrected chi connectivity index (χ3v) is 2.95. The van der Waals surface area contributed by atoms with Crippen LogP contribution >= 0.6 is 0 Å². The Kier molecular flexibility index (Phi) is 6.10. The predicted molar refractivity (Wildman–Crippen MR) is 85.5 cm³/mol. The number of pyridine rings is 2. The summed E-state index contributed by atoms with van der Waals surface area (Å²) in [6.45, 7) is -0.112. The van der Waals surface area contributed by atoms with Crippen molar-refractivity contribution in [3.05, 3.63) is 47.9 Å². The Morgan fingerprint density at radius 1 is 1.15 bits per heavy atom. The maximum absolute atomic E-state index is 12.2. The van der Waals surface area contributed by atoms with E-state index in [9.17, 15) is 22.8 Å². The summed E-state index contributed by atoms with van der Waals surface area (Å²) in [6.07, 6.45) is -1.79. The summed E-state index contributed by atoms with van der Waals surface area (Å²) in [5.41, 5.74) is 0.586. The van der Waals surface area contributed by atoms with E-state index in [-0.39, 0.29) is 29.6 Å². The molecule has 0 atom stereocenters. The molecule has 2 amide bonds. The molecule has 0 spiro atoms. The Hall–Kier alpha value is -3.17. The Balaban J connectivity index is 1.96. The highest BCUT2D eigenvalue weighted by molar-refractivity contribution is 5.96. The SMILES string of the molecule is CC(=O)Nc1cc(C(=O)NCc2cc(OCC(F)(F)F)ccn2)ccn1. The highest BCUT2D eigenvalue weighted by Crippen LogP contribution is 2.18. The van der Waals surface area contributed by atoms with Gasteiger partial charge in [-0.05, 0) is 18.2 Å². The van der Waals surface area contributed by atoms with Gasteiger partial charge in [-0.1, -0.05) is 0 Å². The number of amides is 2. The number of carbonyl (C=O) groups is 2. The van der Waals surface area contributed by atoms with Crippen LogP contribution in [0.25, 0.3) is 0 Å². The minimum atomic E-state index is -4.44. The number of hydrogen-bond acceptors (Lipinski definition) is 5. The molecule has 0 saturated carbocycles. The lowest BCUT2D eigenvalue weighted by molar-refractivity contribution is -0.153. The monoisotopic (exact) mass is 368 g/mol. The Morgan fingerprint density at radius 2 is 1.88 bits per heavy atom. The van der Waals surface area contributed by atoms with Gasteiger partial charge < -0.3 is 15.4 Å². The number of rotatable bonds is 6. The topological polar surface area (TPSA) is 93.2 Å². The molecule has 2 aromatic rings. The van der Waals surface area contributed by atoms with E-state index in [1.165, 1.54) is 43.6 Å². The number of ether oxygens (including phenoxy) is 1. The standard InChI is InChI=1S/C16H15F3N4O3/c1-10(24)23-14-6-11(2-4-21-14)15(25)22-8-12-7-13(3-5-20-12)26-9-16(17,18)19/h2-7H,8-9H2,1H3,(H,22,25)(H,21,23,24). The lowest BCUT2D eigenvalue weighted by Gasteiger charge is -2.10. The third kappa shape index (κ3) is 6.38. The number of hydrogen-bond donors (Lipinski definition) is 2. The zero-order valence-corrected chi connectivity index (χ0v) is 13.6. The van der Waals surface area contributed by atoms with Crippen LogP contribution in [0.2, 0.25) is 0 Å². The van der Waals surface area contributed by atoms with Crippen LogP contribution in [0, 0.1) is 0 Å². The maximum atomic E-state index is 12.2. The summed E-state index contributed by atoms with van der Waals surface area (Å²) in [6, 6.07) is 5.45. The van der Waals surface area contributed by atoms with Crippen LogP contribution < -0.4 is 15.4 Å². The molecule has 0 bridgehead atoms. The van der Waals surface area contributed by atoms with E-state index in [1.54, 1.807) is 0 Å². The molecule has 0 saturated heterocycles. The van der Waals surface area contributed by atoms with Crippen molar-refractivity contribution in [1.82, 2.24) is 15.3 Å². The molecule has 0 fully saturated rings. The Bertz CT molecular complexity index is 796. The van der Waals surface area contributed by atoms with E-state index in [0.717, 1.165) is 0 Å². The fourth-order valence-corrected chi connectivity index (χ4v) is 1.90. The number of anilines is 1. The fourth-order valence-electron chi connectivity index (χ4n) is 1.90. The number of carbonyl (C=O) groups excluding carboxylic acids is 2. The summed E-state index contributed by atoms with van der Waals surface area (Å²) in [5, 5.41) is 5.03. The molecule has 0 aliphatic rings. The highest BCUT2D eigenvalue weighted by Gasteiger charge is 2.28. The van der Waals surface area contributed by atoms with E-state index >= 15 is 0 Å². The molecule has 0 unspecified atom stereocenters. The number of halogens is 3. The Morgan fingerprint density at radius 3 is 2.58 bits per heavy atom. The average molecular weight is 368 g/mol. The van der Waals surface area contributed by atoms with Crippen LogP contribution in [-0.4, -0.2) is 34.6 Å². The van der Waals surface area contributed by atoms with Crippen LogP contribution in [0.1, 0.15) is 23.0 Å². The summed E-state index contributed by atoms with van der Waals surface area (Å²) < 4.78 is 41.1. The average Bonchev–Trinajstić information content (AvgIpc) is 2.57. The highest BCUT2D eigenvalue weighted by atomic mass is 19.4. The summed E-state index contributed by atoms with van der Waals surface area (Å²) in [5.74, 6) is -0.554. The number of aromatic nitrogens is 2. The van der Waals surface area contributed by atoms with E-state index in [2.05, 4.69) is 25.3 Å². The number of nitrogens with zero attached hydrogens (tertiary/aromatic N) is 2. The summed E-state index contributed by atoms with van der Waals surface area (Å²) in [7, 11) is 0. The van der Waals surface area contributed by atoms with Crippen molar-refractivity contribution in [3.63, 3.8) is 0 Å². The first-order valence-electron chi connectivity index (χ1n) is 7.39. The largest absolute Gasteiger partial charge is 0.484 e. The molecule has 26 heavy (non-hydrogen) atoms. The molecule has 0 aliphatic heterocycles.